The van der Waals surface area contributed by atoms with Crippen LogP contribution in [-0.4, -0.2) is 32.9 Å². The molecule has 0 spiro atoms. The normalized spacial score (nSPS) is 10.1. The maximum atomic E-state index is 12.2. The number of nitrogens with one attached hydrogen (secondary N) is 1. The maximum Gasteiger partial charge on any atom is 0.271 e. The van der Waals surface area contributed by atoms with E-state index in [2.05, 4.69) is 16.4 Å². The third-order valence-corrected chi connectivity index (χ3v) is 3.25. The number of hydrogen-bond acceptors (Lipinski definition) is 5. The Bertz CT molecular complexity index is 809. The van der Waals surface area contributed by atoms with E-state index in [1.165, 1.54) is 20.4 Å². The summed E-state index contributed by atoms with van der Waals surface area (Å²) in [6, 6.07) is 12.1. The van der Waals surface area contributed by atoms with Crippen LogP contribution in [0, 0.1) is 12.3 Å². The first-order chi connectivity index (χ1) is 12.2. The molecule has 6 nitrogen and oxygen atoms in total. The van der Waals surface area contributed by atoms with Gasteiger partial charge in [0, 0.05) is 11.1 Å². The molecular weight excluding hydrogens is 320 g/mol. The fourth-order valence-corrected chi connectivity index (χ4v) is 2.04. The largest absolute Gasteiger partial charge is 0.493 e. The van der Waals surface area contributed by atoms with Gasteiger partial charge in [0.25, 0.3) is 5.91 Å². The highest BCUT2D eigenvalue weighted by Crippen LogP contribution is 2.27. The van der Waals surface area contributed by atoms with E-state index in [1.54, 1.807) is 30.3 Å². The fraction of sp³-hybridized carbons (Fsp3) is 0.158. The number of nitrogens with zero attached hydrogens (tertiary/aromatic N) is 1. The van der Waals surface area contributed by atoms with Crippen LogP contribution in [0.15, 0.2) is 47.6 Å². The molecule has 0 aliphatic heterocycles. The van der Waals surface area contributed by atoms with E-state index in [0.717, 1.165) is 0 Å². The predicted molar refractivity (Wildman–Crippen MR) is 95.4 cm³/mol. The van der Waals surface area contributed by atoms with Gasteiger partial charge < -0.3 is 14.2 Å². The number of hydrogen-bond donors (Lipinski definition) is 1. The minimum atomic E-state index is -0.376. The lowest BCUT2D eigenvalue weighted by Gasteiger charge is -2.08. The first-order valence-corrected chi connectivity index (χ1v) is 7.40. The van der Waals surface area contributed by atoms with E-state index in [0.29, 0.717) is 28.4 Å². The SMILES string of the molecule is C#CCOc1ccccc1/C=N\NC(=O)c1ccc(OC)c(OC)c1. The van der Waals surface area contributed by atoms with Crippen LogP contribution in [0.3, 0.4) is 0 Å². The van der Waals surface area contributed by atoms with Crippen LogP contribution in [-0.2, 0) is 0 Å². The summed E-state index contributed by atoms with van der Waals surface area (Å²) in [6.45, 7) is 0.156. The number of benzene rings is 2. The van der Waals surface area contributed by atoms with Crippen LogP contribution in [0.2, 0.25) is 0 Å². The number of methoxy groups -OCH3 is 2. The summed E-state index contributed by atoms with van der Waals surface area (Å²) in [5.74, 6) is 3.62. The van der Waals surface area contributed by atoms with Crippen LogP contribution >= 0.6 is 0 Å². The number of rotatable bonds is 7. The molecule has 0 atom stereocenters. The summed E-state index contributed by atoms with van der Waals surface area (Å²) >= 11 is 0. The molecule has 128 valence electrons. The van der Waals surface area contributed by atoms with Gasteiger partial charge in [-0.1, -0.05) is 18.1 Å². The summed E-state index contributed by atoms with van der Waals surface area (Å²) < 4.78 is 15.7. The standard InChI is InChI=1S/C19H18N2O4/c1-4-11-25-16-8-6-5-7-15(16)13-20-21-19(22)14-9-10-17(23-2)18(12-14)24-3/h1,5-10,12-13H,11H2,2-3H3,(H,21,22)/b20-13-. The Kier molecular flexibility index (Phi) is 6.43. The lowest BCUT2D eigenvalue weighted by atomic mass is 10.2. The average molecular weight is 338 g/mol. The van der Waals surface area contributed by atoms with Gasteiger partial charge >= 0.3 is 0 Å². The van der Waals surface area contributed by atoms with Crippen molar-refractivity contribution in [3.63, 3.8) is 0 Å². The molecule has 0 saturated heterocycles. The molecule has 0 aromatic heterocycles. The number of ether oxygens (including phenoxy) is 3. The molecule has 6 heteroatoms. The Morgan fingerprint density at radius 3 is 2.64 bits per heavy atom. The quantitative estimate of drug-likeness (QED) is 0.478. The highest BCUT2D eigenvalue weighted by molar-refractivity contribution is 5.95. The second kappa shape index (κ2) is 8.99. The number of terminal acetylenes is 1. The Balaban J connectivity index is 2.07. The molecule has 1 amide bonds. The molecule has 0 aliphatic rings. The second-order valence-corrected chi connectivity index (χ2v) is 4.80. The minimum Gasteiger partial charge on any atom is -0.493 e. The van der Waals surface area contributed by atoms with Crippen molar-refractivity contribution in [2.24, 2.45) is 5.10 Å². The van der Waals surface area contributed by atoms with Crippen molar-refractivity contribution in [2.75, 3.05) is 20.8 Å². The Morgan fingerprint density at radius 1 is 1.16 bits per heavy atom. The number of carbonyl (C=O) groups is 1. The number of amides is 1. The van der Waals surface area contributed by atoms with Crippen molar-refractivity contribution < 1.29 is 19.0 Å². The van der Waals surface area contributed by atoms with Crippen molar-refractivity contribution >= 4 is 12.1 Å². The summed E-state index contributed by atoms with van der Waals surface area (Å²) in [5.41, 5.74) is 3.55. The maximum absolute atomic E-state index is 12.2. The van der Waals surface area contributed by atoms with Gasteiger partial charge in [-0.15, -0.1) is 6.42 Å². The highest BCUT2D eigenvalue weighted by Gasteiger charge is 2.10. The molecule has 2 rings (SSSR count). The van der Waals surface area contributed by atoms with E-state index < -0.39 is 0 Å². The van der Waals surface area contributed by atoms with Gasteiger partial charge in [-0.3, -0.25) is 4.79 Å². The van der Waals surface area contributed by atoms with Crippen LogP contribution < -0.4 is 19.6 Å². The third-order valence-electron chi connectivity index (χ3n) is 3.25. The zero-order chi connectivity index (χ0) is 18.1. The molecule has 0 saturated carbocycles. The Morgan fingerprint density at radius 2 is 1.92 bits per heavy atom. The lowest BCUT2D eigenvalue weighted by Crippen LogP contribution is -2.17. The number of hydrazone groups is 1. The predicted octanol–water partition coefficient (Wildman–Crippen LogP) is 2.48. The van der Waals surface area contributed by atoms with Gasteiger partial charge in [0.15, 0.2) is 11.5 Å². The van der Waals surface area contributed by atoms with Gasteiger partial charge in [-0.05, 0) is 30.3 Å². The molecule has 25 heavy (non-hydrogen) atoms. The average Bonchev–Trinajstić information content (AvgIpc) is 2.66. The summed E-state index contributed by atoms with van der Waals surface area (Å²) in [6.07, 6.45) is 6.68. The van der Waals surface area contributed by atoms with E-state index in [1.807, 2.05) is 12.1 Å². The van der Waals surface area contributed by atoms with E-state index in [9.17, 15) is 4.79 Å². The van der Waals surface area contributed by atoms with Crippen LogP contribution in [0.1, 0.15) is 15.9 Å². The lowest BCUT2D eigenvalue weighted by molar-refractivity contribution is 0.0954. The fourth-order valence-electron chi connectivity index (χ4n) is 2.04. The number of carbonyl (C=O) groups excluding carboxylic acids is 1. The zero-order valence-electron chi connectivity index (χ0n) is 14.0. The number of para-hydroxylation sites is 1. The third kappa shape index (κ3) is 4.75. The van der Waals surface area contributed by atoms with Crippen molar-refractivity contribution in [3.8, 4) is 29.6 Å². The summed E-state index contributed by atoms with van der Waals surface area (Å²) in [5, 5.41) is 3.96. The van der Waals surface area contributed by atoms with Crippen LogP contribution in [0.5, 0.6) is 17.2 Å². The smallest absolute Gasteiger partial charge is 0.271 e. The Labute approximate surface area is 146 Å². The second-order valence-electron chi connectivity index (χ2n) is 4.80. The first kappa shape index (κ1) is 17.9. The molecule has 0 bridgehead atoms. The van der Waals surface area contributed by atoms with E-state index in [-0.39, 0.29) is 12.5 Å². The summed E-state index contributed by atoms with van der Waals surface area (Å²) in [7, 11) is 3.03. The summed E-state index contributed by atoms with van der Waals surface area (Å²) in [4.78, 5) is 12.2. The van der Waals surface area contributed by atoms with Gasteiger partial charge in [0.2, 0.25) is 0 Å². The monoisotopic (exact) mass is 338 g/mol. The van der Waals surface area contributed by atoms with Gasteiger partial charge in [-0.25, -0.2) is 5.43 Å². The molecule has 2 aromatic rings. The van der Waals surface area contributed by atoms with Crippen LogP contribution in [0.4, 0.5) is 0 Å². The van der Waals surface area contributed by atoms with Gasteiger partial charge in [-0.2, -0.15) is 5.10 Å². The zero-order valence-corrected chi connectivity index (χ0v) is 14.0. The van der Waals surface area contributed by atoms with Crippen molar-refractivity contribution in [1.29, 1.82) is 0 Å². The molecule has 0 radical (unpaired) electrons. The van der Waals surface area contributed by atoms with Crippen molar-refractivity contribution in [3.05, 3.63) is 53.6 Å². The van der Waals surface area contributed by atoms with Crippen LogP contribution in [0.25, 0.3) is 0 Å². The molecule has 2 aromatic carbocycles. The van der Waals surface area contributed by atoms with E-state index >= 15 is 0 Å². The van der Waals surface area contributed by atoms with Gasteiger partial charge in [0.05, 0.1) is 20.4 Å². The topological polar surface area (TPSA) is 69.2 Å². The molecule has 0 fully saturated rings. The Hall–Kier alpha value is -3.46. The molecule has 0 heterocycles. The molecule has 0 aliphatic carbocycles. The molecule has 0 unspecified atom stereocenters. The minimum absolute atomic E-state index is 0.156. The van der Waals surface area contributed by atoms with Crippen molar-refractivity contribution in [1.82, 2.24) is 5.43 Å². The molecular formula is C19H18N2O4. The van der Waals surface area contributed by atoms with E-state index in [4.69, 9.17) is 20.6 Å². The highest BCUT2D eigenvalue weighted by atomic mass is 16.5. The molecule has 1 N–H and O–H groups in total. The van der Waals surface area contributed by atoms with Gasteiger partial charge in [0.1, 0.15) is 12.4 Å². The van der Waals surface area contributed by atoms with Crippen molar-refractivity contribution in [2.45, 2.75) is 0 Å². The first-order valence-electron chi connectivity index (χ1n) is 7.40.